The van der Waals surface area contributed by atoms with Crippen LogP contribution in [0.1, 0.15) is 0 Å². The molecule has 0 radical (unpaired) electrons. The molecule has 0 bridgehead atoms. The molecule has 0 unspecified atom stereocenters. The molecule has 0 amide bonds. The number of hydrogen-bond donors (Lipinski definition) is 0. The fourth-order valence-corrected chi connectivity index (χ4v) is 0.933. The van der Waals surface area contributed by atoms with Crippen LogP contribution < -0.4 is 0 Å². The molecule has 0 aromatic heterocycles. The molecule has 0 atom stereocenters. The van der Waals surface area contributed by atoms with Crippen molar-refractivity contribution >= 4 is 3.26 Å². The SMILES string of the molecule is F[C](=[Hg])C(F)(F)C(F)(F)F. The van der Waals surface area contributed by atoms with Gasteiger partial charge in [0.25, 0.3) is 0 Å². The Balaban J connectivity index is 4.57. The zero-order valence-corrected chi connectivity index (χ0v) is 9.97. The molecule has 7 heteroatoms. The van der Waals surface area contributed by atoms with Gasteiger partial charge in [0, 0.05) is 0 Å². The van der Waals surface area contributed by atoms with Crippen molar-refractivity contribution in [1.82, 2.24) is 0 Å². The molecule has 0 heterocycles. The van der Waals surface area contributed by atoms with Gasteiger partial charge in [-0.3, -0.25) is 0 Å². The Morgan fingerprint density at radius 1 is 1.00 bits per heavy atom. The Bertz CT molecular complexity index is 146. The summed E-state index contributed by atoms with van der Waals surface area (Å²) in [5, 5.41) is 0. The van der Waals surface area contributed by atoms with E-state index in [1.807, 2.05) is 0 Å². The van der Waals surface area contributed by atoms with Gasteiger partial charge in [-0.1, -0.05) is 0 Å². The summed E-state index contributed by atoms with van der Waals surface area (Å²) in [6.07, 6.45) is -5.78. The number of halogens is 6. The van der Waals surface area contributed by atoms with Crippen molar-refractivity contribution < 1.29 is 52.0 Å². The van der Waals surface area contributed by atoms with Crippen molar-refractivity contribution in [2.24, 2.45) is 0 Å². The Kier molecular flexibility index (Phi) is 2.90. The van der Waals surface area contributed by atoms with Crippen LogP contribution in [0.25, 0.3) is 0 Å². The summed E-state index contributed by atoms with van der Waals surface area (Å²) in [5.74, 6) is -5.23. The first kappa shape index (κ1) is 10.4. The normalized spacial score (nSPS) is 13.6. The van der Waals surface area contributed by atoms with Crippen molar-refractivity contribution in [3.05, 3.63) is 0 Å². The average molecular weight is 351 g/mol. The summed E-state index contributed by atoms with van der Waals surface area (Å²) in [6, 6.07) is 0. The summed E-state index contributed by atoms with van der Waals surface area (Å²) in [7, 11) is 0. The van der Waals surface area contributed by atoms with E-state index in [0.717, 1.165) is 0 Å². The average Bonchev–Trinajstić information content (AvgIpc) is 1.62. The van der Waals surface area contributed by atoms with E-state index in [0.29, 0.717) is 0 Å². The third kappa shape index (κ3) is 1.93. The van der Waals surface area contributed by atoms with E-state index in [1.165, 1.54) is 0 Å². The summed E-state index contributed by atoms with van der Waals surface area (Å²) in [5.41, 5.74) is 0. The third-order valence-electron chi connectivity index (χ3n) is 0.697. The first-order chi connectivity index (χ1) is 4.19. The van der Waals surface area contributed by atoms with Crippen molar-refractivity contribution in [2.45, 2.75) is 12.1 Å². The van der Waals surface area contributed by atoms with Gasteiger partial charge in [-0.05, 0) is 0 Å². The topological polar surface area (TPSA) is 0 Å². The van der Waals surface area contributed by atoms with Gasteiger partial charge in [0.05, 0.1) is 0 Å². The molecule has 10 heavy (non-hydrogen) atoms. The molecule has 0 rings (SSSR count). The molecule has 0 aromatic rings. The van der Waals surface area contributed by atoms with Gasteiger partial charge < -0.3 is 0 Å². The fraction of sp³-hybridized carbons (Fsp3) is 0.667. The van der Waals surface area contributed by atoms with Crippen molar-refractivity contribution in [3.8, 4) is 0 Å². The van der Waals surface area contributed by atoms with Crippen molar-refractivity contribution in [3.63, 3.8) is 0 Å². The molecular formula is C3F6Hg. The molecule has 0 aliphatic carbocycles. The first-order valence-electron chi connectivity index (χ1n) is 1.99. The summed E-state index contributed by atoms with van der Waals surface area (Å²) < 4.78 is 65.7. The van der Waals surface area contributed by atoms with Crippen LogP contribution in [0.4, 0.5) is 26.3 Å². The van der Waals surface area contributed by atoms with Gasteiger partial charge in [-0.15, -0.1) is 0 Å². The number of hydrogen-bond acceptors (Lipinski definition) is 0. The number of rotatable bonds is 1. The molecule has 56 valence electrons. The molecular weight excluding hydrogens is 351 g/mol. The molecule has 0 nitrogen and oxygen atoms in total. The standard InChI is InChI=1S/C3F6.Hg/c4-1-2(5,6)3(7,8)9;. The molecule has 0 saturated carbocycles. The van der Waals surface area contributed by atoms with E-state index < -0.39 is 41.0 Å². The molecule has 0 aliphatic rings. The van der Waals surface area contributed by atoms with E-state index in [9.17, 15) is 26.3 Å². The Morgan fingerprint density at radius 3 is 1.30 bits per heavy atom. The zero-order valence-electron chi connectivity index (χ0n) is 4.47. The second kappa shape index (κ2) is 2.79. The van der Waals surface area contributed by atoms with Gasteiger partial charge in [-0.2, -0.15) is 0 Å². The maximum absolute atomic E-state index is 11.6. The van der Waals surface area contributed by atoms with Crippen LogP contribution in [0.5, 0.6) is 0 Å². The summed E-state index contributed by atoms with van der Waals surface area (Å²) in [6.45, 7) is 0. The predicted molar refractivity (Wildman–Crippen MR) is 17.1 cm³/mol. The monoisotopic (exact) mass is 352 g/mol. The van der Waals surface area contributed by atoms with Crippen molar-refractivity contribution in [2.75, 3.05) is 0 Å². The van der Waals surface area contributed by atoms with Crippen LogP contribution >= 0.6 is 0 Å². The van der Waals surface area contributed by atoms with Crippen LogP contribution in [-0.2, 0) is 25.6 Å². The van der Waals surface area contributed by atoms with Crippen LogP contribution in [0.15, 0.2) is 0 Å². The summed E-state index contributed by atoms with van der Waals surface area (Å²) >= 11 is -1.31. The summed E-state index contributed by atoms with van der Waals surface area (Å²) in [4.78, 5) is 0. The molecule has 0 fully saturated rings. The fourth-order valence-electron chi connectivity index (χ4n) is 0.154. The van der Waals surface area contributed by atoms with Gasteiger partial charge in [0.1, 0.15) is 0 Å². The minimum atomic E-state index is -5.78. The Hall–Kier alpha value is 0.385. The van der Waals surface area contributed by atoms with E-state index >= 15 is 0 Å². The first-order valence-corrected chi connectivity index (χ1v) is 4.74. The zero-order chi connectivity index (χ0) is 8.58. The van der Waals surface area contributed by atoms with E-state index in [4.69, 9.17) is 0 Å². The molecule has 0 spiro atoms. The van der Waals surface area contributed by atoms with Crippen LogP contribution in [0.3, 0.4) is 0 Å². The number of alkyl halides is 5. The van der Waals surface area contributed by atoms with Crippen LogP contribution in [0.2, 0.25) is 0 Å². The van der Waals surface area contributed by atoms with Gasteiger partial charge in [-0.25, -0.2) is 0 Å². The third-order valence-corrected chi connectivity index (χ3v) is 2.42. The maximum atomic E-state index is 11.6. The minimum absolute atomic E-state index is 1.31. The molecule has 0 N–H and O–H groups in total. The molecule has 0 aromatic carbocycles. The van der Waals surface area contributed by atoms with E-state index in [1.54, 1.807) is 0 Å². The van der Waals surface area contributed by atoms with Crippen molar-refractivity contribution in [1.29, 1.82) is 0 Å². The van der Waals surface area contributed by atoms with E-state index in [2.05, 4.69) is 0 Å². The van der Waals surface area contributed by atoms with Gasteiger partial charge >= 0.3 is 67.3 Å². The van der Waals surface area contributed by atoms with Crippen LogP contribution in [-0.4, -0.2) is 15.4 Å². The second-order valence-electron chi connectivity index (χ2n) is 1.48. The Labute approximate surface area is 67.6 Å². The van der Waals surface area contributed by atoms with Gasteiger partial charge in [0.15, 0.2) is 0 Å². The predicted octanol–water partition coefficient (Wildman–Crippen LogP) is 1.83. The van der Waals surface area contributed by atoms with Crippen LogP contribution in [0, 0.1) is 0 Å². The second-order valence-corrected chi connectivity index (χ2v) is 3.89. The van der Waals surface area contributed by atoms with Gasteiger partial charge in [0.2, 0.25) is 0 Å². The quantitative estimate of drug-likeness (QED) is 0.500. The Morgan fingerprint density at radius 2 is 1.30 bits per heavy atom. The molecule has 0 aliphatic heterocycles. The van der Waals surface area contributed by atoms with E-state index in [-0.39, 0.29) is 0 Å². The molecule has 0 saturated heterocycles.